The maximum absolute atomic E-state index is 15.3. The summed E-state index contributed by atoms with van der Waals surface area (Å²) < 4.78 is 86.5. The zero-order valence-corrected chi connectivity index (χ0v) is 23.8. The van der Waals surface area contributed by atoms with Gasteiger partial charge in [-0.05, 0) is 90.4 Å². The van der Waals surface area contributed by atoms with Gasteiger partial charge in [0.25, 0.3) is 0 Å². The molecule has 0 aliphatic rings. The van der Waals surface area contributed by atoms with Crippen molar-refractivity contribution >= 4 is 10.8 Å². The van der Waals surface area contributed by atoms with Crippen molar-refractivity contribution < 1.29 is 31.1 Å². The van der Waals surface area contributed by atoms with Crippen LogP contribution in [0.1, 0.15) is 66.8 Å². The Kier molecular flexibility index (Phi) is 10.9. The van der Waals surface area contributed by atoms with Gasteiger partial charge in [-0.2, -0.15) is 13.2 Å². The standard InChI is InChI=1S/C35H36F6O/c1-2-3-4-5-6-7-26-21-32(36)31(33(37)22-26)19-12-25-11-18-30-28(20-25)15-14-27(34(30)38)13-8-24-9-16-29(17-10-24)42-23-35(39,40)41/h9-11,14-18,20-22H,2-8,12-13,19,23H2,1H3. The maximum Gasteiger partial charge on any atom is 0.422 e. The molecule has 0 aliphatic carbocycles. The molecule has 0 unspecified atom stereocenters. The average Bonchev–Trinajstić information content (AvgIpc) is 2.95. The van der Waals surface area contributed by atoms with Gasteiger partial charge in [-0.3, -0.25) is 0 Å². The van der Waals surface area contributed by atoms with Gasteiger partial charge >= 0.3 is 6.18 Å². The monoisotopic (exact) mass is 586 g/mol. The van der Waals surface area contributed by atoms with Crippen molar-refractivity contribution in [2.45, 2.75) is 77.3 Å². The number of benzene rings is 4. The minimum absolute atomic E-state index is 0.0753. The summed E-state index contributed by atoms with van der Waals surface area (Å²) in [5.74, 6) is -1.23. The normalized spacial score (nSPS) is 11.8. The van der Waals surface area contributed by atoms with E-state index in [1.54, 1.807) is 30.3 Å². The Balaban J connectivity index is 1.34. The summed E-state index contributed by atoms with van der Waals surface area (Å²) in [5, 5.41) is 1.17. The first-order valence-corrected chi connectivity index (χ1v) is 14.6. The van der Waals surface area contributed by atoms with Crippen molar-refractivity contribution in [3.05, 3.63) is 112 Å². The Hall–Kier alpha value is -3.48. The van der Waals surface area contributed by atoms with Gasteiger partial charge in [-0.25, -0.2) is 13.2 Å². The largest absolute Gasteiger partial charge is 0.484 e. The SMILES string of the molecule is CCCCCCCc1cc(F)c(CCc2ccc3c(F)c(CCc4ccc(OCC(F)(F)F)cc4)ccc3c2)c(F)c1. The Labute approximate surface area is 243 Å². The molecule has 0 saturated carbocycles. The average molecular weight is 587 g/mol. The van der Waals surface area contributed by atoms with Gasteiger partial charge in [0.1, 0.15) is 23.2 Å². The van der Waals surface area contributed by atoms with E-state index in [4.69, 9.17) is 4.74 Å². The summed E-state index contributed by atoms with van der Waals surface area (Å²) in [6, 6.07) is 18.1. The molecular weight excluding hydrogens is 550 g/mol. The molecule has 224 valence electrons. The number of unbranched alkanes of at least 4 members (excludes halogenated alkanes) is 4. The lowest BCUT2D eigenvalue weighted by Gasteiger charge is -2.11. The maximum atomic E-state index is 15.3. The van der Waals surface area contributed by atoms with E-state index in [2.05, 4.69) is 6.92 Å². The molecule has 0 spiro atoms. The van der Waals surface area contributed by atoms with Crippen LogP contribution in [0.15, 0.2) is 66.7 Å². The predicted molar refractivity (Wildman–Crippen MR) is 156 cm³/mol. The first kappa shape index (κ1) is 31.5. The second-order valence-corrected chi connectivity index (χ2v) is 10.8. The van der Waals surface area contributed by atoms with E-state index in [0.717, 1.165) is 36.8 Å². The molecule has 7 heteroatoms. The highest BCUT2D eigenvalue weighted by atomic mass is 19.4. The van der Waals surface area contributed by atoms with E-state index in [0.29, 0.717) is 47.6 Å². The van der Waals surface area contributed by atoms with Crippen LogP contribution >= 0.6 is 0 Å². The second-order valence-electron chi connectivity index (χ2n) is 10.8. The van der Waals surface area contributed by atoms with Crippen LogP contribution in [0.2, 0.25) is 0 Å². The molecule has 0 saturated heterocycles. The van der Waals surface area contributed by atoms with Crippen molar-refractivity contribution in [1.29, 1.82) is 0 Å². The summed E-state index contributed by atoms with van der Waals surface area (Å²) in [6.45, 7) is 0.798. The van der Waals surface area contributed by atoms with Gasteiger partial charge in [0, 0.05) is 10.9 Å². The van der Waals surface area contributed by atoms with Crippen LogP contribution in [-0.4, -0.2) is 12.8 Å². The quantitative estimate of drug-likeness (QED) is 0.106. The zero-order chi connectivity index (χ0) is 30.1. The van der Waals surface area contributed by atoms with E-state index in [1.807, 2.05) is 12.1 Å². The molecule has 0 fully saturated rings. The van der Waals surface area contributed by atoms with Crippen LogP contribution in [-0.2, 0) is 32.1 Å². The highest BCUT2D eigenvalue weighted by Gasteiger charge is 2.28. The molecular formula is C35H36F6O. The number of halogens is 6. The molecule has 4 rings (SSSR count). The van der Waals surface area contributed by atoms with E-state index in [9.17, 15) is 22.0 Å². The van der Waals surface area contributed by atoms with Gasteiger partial charge in [0.05, 0.1) is 0 Å². The summed E-state index contributed by atoms with van der Waals surface area (Å²) in [7, 11) is 0. The van der Waals surface area contributed by atoms with E-state index in [-0.39, 0.29) is 23.6 Å². The lowest BCUT2D eigenvalue weighted by Crippen LogP contribution is -2.19. The summed E-state index contributed by atoms with van der Waals surface area (Å²) >= 11 is 0. The van der Waals surface area contributed by atoms with E-state index >= 15 is 4.39 Å². The number of aryl methyl sites for hydroxylation is 4. The van der Waals surface area contributed by atoms with Gasteiger partial charge in [0.15, 0.2) is 6.61 Å². The van der Waals surface area contributed by atoms with Gasteiger partial charge in [-0.1, -0.05) is 75.1 Å². The van der Waals surface area contributed by atoms with Gasteiger partial charge in [-0.15, -0.1) is 0 Å². The highest BCUT2D eigenvalue weighted by molar-refractivity contribution is 5.84. The van der Waals surface area contributed by atoms with Crippen LogP contribution in [0, 0.1) is 17.5 Å². The topological polar surface area (TPSA) is 9.23 Å². The van der Waals surface area contributed by atoms with Crippen LogP contribution in [0.3, 0.4) is 0 Å². The van der Waals surface area contributed by atoms with Crippen LogP contribution in [0.4, 0.5) is 26.3 Å². The fourth-order valence-electron chi connectivity index (χ4n) is 5.17. The molecule has 0 heterocycles. The van der Waals surface area contributed by atoms with Gasteiger partial charge < -0.3 is 4.74 Å². The second kappa shape index (κ2) is 14.6. The molecule has 0 radical (unpaired) electrons. The summed E-state index contributed by atoms with van der Waals surface area (Å²) in [5.41, 5.74) is 3.01. The number of hydrogen-bond acceptors (Lipinski definition) is 1. The number of hydrogen-bond donors (Lipinski definition) is 0. The number of alkyl halides is 3. The predicted octanol–water partition coefficient (Wildman–Crippen LogP) is 10.3. The van der Waals surface area contributed by atoms with E-state index in [1.165, 1.54) is 30.7 Å². The number of ether oxygens (including phenoxy) is 1. The highest BCUT2D eigenvalue weighted by Crippen LogP contribution is 2.26. The van der Waals surface area contributed by atoms with Crippen LogP contribution in [0.5, 0.6) is 5.75 Å². The molecule has 4 aromatic rings. The molecule has 1 nitrogen and oxygen atoms in total. The number of rotatable bonds is 14. The third kappa shape index (κ3) is 9.01. The Bertz CT molecular complexity index is 1440. The van der Waals surface area contributed by atoms with Gasteiger partial charge in [0.2, 0.25) is 0 Å². The van der Waals surface area contributed by atoms with Crippen molar-refractivity contribution in [3.63, 3.8) is 0 Å². The van der Waals surface area contributed by atoms with E-state index < -0.39 is 24.4 Å². The fraction of sp³-hybridized carbons (Fsp3) is 0.371. The minimum Gasteiger partial charge on any atom is -0.484 e. The Morgan fingerprint density at radius 2 is 1.29 bits per heavy atom. The molecule has 0 N–H and O–H groups in total. The Morgan fingerprint density at radius 1 is 0.619 bits per heavy atom. The van der Waals surface area contributed by atoms with Crippen molar-refractivity contribution in [3.8, 4) is 5.75 Å². The first-order valence-electron chi connectivity index (χ1n) is 14.6. The zero-order valence-electron chi connectivity index (χ0n) is 23.8. The first-order chi connectivity index (χ1) is 20.1. The molecule has 0 aromatic heterocycles. The molecule has 0 aliphatic heterocycles. The molecule has 42 heavy (non-hydrogen) atoms. The third-order valence-corrected chi connectivity index (χ3v) is 7.54. The summed E-state index contributed by atoms with van der Waals surface area (Å²) in [4.78, 5) is 0. The molecule has 0 amide bonds. The summed E-state index contributed by atoms with van der Waals surface area (Å²) in [6.07, 6.45) is 3.28. The lowest BCUT2D eigenvalue weighted by molar-refractivity contribution is -0.153. The van der Waals surface area contributed by atoms with Crippen molar-refractivity contribution in [2.24, 2.45) is 0 Å². The lowest BCUT2D eigenvalue weighted by atomic mass is 9.96. The molecule has 0 bridgehead atoms. The van der Waals surface area contributed by atoms with Crippen LogP contribution in [0.25, 0.3) is 10.8 Å². The molecule has 0 atom stereocenters. The van der Waals surface area contributed by atoms with Crippen molar-refractivity contribution in [2.75, 3.05) is 6.61 Å². The fourth-order valence-corrected chi connectivity index (χ4v) is 5.17. The number of fused-ring (bicyclic) bond motifs is 1. The Morgan fingerprint density at radius 3 is 1.98 bits per heavy atom. The minimum atomic E-state index is -4.40. The molecule has 4 aromatic carbocycles. The third-order valence-electron chi connectivity index (χ3n) is 7.54. The smallest absolute Gasteiger partial charge is 0.422 e. The van der Waals surface area contributed by atoms with Crippen LogP contribution < -0.4 is 4.74 Å². The van der Waals surface area contributed by atoms with Crippen molar-refractivity contribution in [1.82, 2.24) is 0 Å².